The Bertz CT molecular complexity index is 555. The van der Waals surface area contributed by atoms with Gasteiger partial charge >= 0.3 is 0 Å². The first-order valence-electron chi connectivity index (χ1n) is 5.79. The van der Waals surface area contributed by atoms with E-state index in [4.69, 9.17) is 0 Å². The topological polar surface area (TPSA) is 29.1 Å². The molecule has 2 rings (SSSR count). The van der Waals surface area contributed by atoms with Crippen molar-refractivity contribution < 1.29 is 4.79 Å². The monoisotopic (exact) mass is 237 g/mol. The first kappa shape index (κ1) is 12.1. The van der Waals surface area contributed by atoms with Gasteiger partial charge in [0.05, 0.1) is 0 Å². The summed E-state index contributed by atoms with van der Waals surface area (Å²) in [4.78, 5) is 11.9. The van der Waals surface area contributed by atoms with E-state index < -0.39 is 0 Å². The number of hydrogen-bond donors (Lipinski definition) is 1. The summed E-state index contributed by atoms with van der Waals surface area (Å²) in [6, 6.07) is 16.8. The third-order valence-electron chi connectivity index (χ3n) is 2.67. The summed E-state index contributed by atoms with van der Waals surface area (Å²) in [5.41, 5.74) is 3.53. The molecular weight excluding hydrogens is 222 g/mol. The molecule has 0 radical (unpaired) electrons. The van der Waals surface area contributed by atoms with Crippen molar-refractivity contribution in [2.24, 2.45) is 0 Å². The molecule has 0 spiro atoms. The molecule has 0 bridgehead atoms. The zero-order valence-electron chi connectivity index (χ0n) is 10.3. The average Bonchev–Trinajstić information content (AvgIpc) is 2.40. The zero-order valence-corrected chi connectivity index (χ0v) is 10.3. The van der Waals surface area contributed by atoms with Gasteiger partial charge in [-0.25, -0.2) is 0 Å². The minimum absolute atomic E-state index is 0.0984. The van der Waals surface area contributed by atoms with Gasteiger partial charge in [0.15, 0.2) is 0 Å². The Hall–Kier alpha value is -2.35. The molecule has 18 heavy (non-hydrogen) atoms. The van der Waals surface area contributed by atoms with Crippen LogP contribution in [0.2, 0.25) is 0 Å². The van der Waals surface area contributed by atoms with E-state index in [0.29, 0.717) is 5.56 Å². The Labute approximate surface area is 107 Å². The number of amides is 1. The summed E-state index contributed by atoms with van der Waals surface area (Å²) in [6.45, 7) is 5.83. The summed E-state index contributed by atoms with van der Waals surface area (Å²) in [5, 5.41) is 2.86. The molecule has 2 nitrogen and oxygen atoms in total. The third kappa shape index (κ3) is 2.86. The Morgan fingerprint density at radius 2 is 1.56 bits per heavy atom. The quantitative estimate of drug-likeness (QED) is 0.859. The Morgan fingerprint density at radius 3 is 2.11 bits per heavy atom. The molecule has 0 aliphatic carbocycles. The highest BCUT2D eigenvalue weighted by molar-refractivity contribution is 6.04. The summed E-state index contributed by atoms with van der Waals surface area (Å²) in [6.07, 6.45) is 0. The Kier molecular flexibility index (Phi) is 3.58. The van der Waals surface area contributed by atoms with Crippen molar-refractivity contribution in [3.63, 3.8) is 0 Å². The van der Waals surface area contributed by atoms with Crippen molar-refractivity contribution in [2.45, 2.75) is 6.92 Å². The molecule has 0 unspecified atom stereocenters. The molecule has 1 amide bonds. The molecule has 1 N–H and O–H groups in total. The van der Waals surface area contributed by atoms with Crippen LogP contribution in [0.15, 0.2) is 61.2 Å². The number of carbonyl (C=O) groups is 1. The predicted molar refractivity (Wildman–Crippen MR) is 75.5 cm³/mol. The van der Waals surface area contributed by atoms with Crippen LogP contribution in [0.25, 0.3) is 5.57 Å². The number of carbonyl (C=O) groups excluding carboxylic acids is 1. The number of allylic oxidation sites excluding steroid dienone is 1. The van der Waals surface area contributed by atoms with Gasteiger partial charge in [0.25, 0.3) is 5.91 Å². The van der Waals surface area contributed by atoms with Crippen LogP contribution in [0.1, 0.15) is 22.8 Å². The highest BCUT2D eigenvalue weighted by atomic mass is 16.1. The van der Waals surface area contributed by atoms with E-state index in [1.54, 1.807) is 12.1 Å². The molecule has 90 valence electrons. The first-order valence-corrected chi connectivity index (χ1v) is 5.79. The molecule has 0 aliphatic heterocycles. The van der Waals surface area contributed by atoms with E-state index in [-0.39, 0.29) is 5.91 Å². The van der Waals surface area contributed by atoms with Crippen LogP contribution in [0.3, 0.4) is 0 Å². The molecule has 0 saturated heterocycles. The van der Waals surface area contributed by atoms with Gasteiger partial charge in [0, 0.05) is 11.3 Å². The first-order chi connectivity index (χ1) is 8.66. The molecule has 2 aromatic carbocycles. The Balaban J connectivity index is 2.10. The zero-order chi connectivity index (χ0) is 13.0. The summed E-state index contributed by atoms with van der Waals surface area (Å²) in [7, 11) is 0. The van der Waals surface area contributed by atoms with Crippen molar-refractivity contribution in [3.8, 4) is 0 Å². The van der Waals surface area contributed by atoms with Gasteiger partial charge in [-0.05, 0) is 36.8 Å². The van der Waals surface area contributed by atoms with E-state index in [9.17, 15) is 4.79 Å². The molecule has 0 saturated carbocycles. The number of rotatable bonds is 3. The minimum Gasteiger partial charge on any atom is -0.322 e. The van der Waals surface area contributed by atoms with Gasteiger partial charge < -0.3 is 5.32 Å². The van der Waals surface area contributed by atoms with E-state index in [2.05, 4.69) is 11.9 Å². The van der Waals surface area contributed by atoms with Crippen LogP contribution in [0, 0.1) is 0 Å². The van der Waals surface area contributed by atoms with E-state index in [0.717, 1.165) is 16.8 Å². The molecule has 0 aliphatic rings. The molecule has 2 heteroatoms. The van der Waals surface area contributed by atoms with Crippen molar-refractivity contribution in [1.82, 2.24) is 0 Å². The fraction of sp³-hybridized carbons (Fsp3) is 0.0625. The van der Waals surface area contributed by atoms with Crippen LogP contribution in [0.4, 0.5) is 5.69 Å². The maximum Gasteiger partial charge on any atom is 0.255 e. The summed E-state index contributed by atoms with van der Waals surface area (Å²) >= 11 is 0. The number of hydrogen-bond acceptors (Lipinski definition) is 1. The van der Waals surface area contributed by atoms with E-state index in [1.807, 2.05) is 49.4 Å². The molecule has 2 aromatic rings. The van der Waals surface area contributed by atoms with Crippen molar-refractivity contribution >= 4 is 17.2 Å². The molecule has 0 fully saturated rings. The lowest BCUT2D eigenvalue weighted by molar-refractivity contribution is 0.102. The number of nitrogens with one attached hydrogen (secondary N) is 1. The second-order valence-electron chi connectivity index (χ2n) is 4.18. The second-order valence-corrected chi connectivity index (χ2v) is 4.18. The fourth-order valence-corrected chi connectivity index (χ4v) is 1.63. The largest absolute Gasteiger partial charge is 0.322 e. The minimum atomic E-state index is -0.0984. The third-order valence-corrected chi connectivity index (χ3v) is 2.67. The maximum atomic E-state index is 11.9. The van der Waals surface area contributed by atoms with Gasteiger partial charge in [0.1, 0.15) is 0 Å². The van der Waals surface area contributed by atoms with Gasteiger partial charge in [-0.2, -0.15) is 0 Å². The SMILES string of the molecule is C=C(C)c1ccc(NC(=O)c2ccccc2)cc1. The van der Waals surface area contributed by atoms with Crippen LogP contribution in [0.5, 0.6) is 0 Å². The van der Waals surface area contributed by atoms with Gasteiger partial charge in [-0.1, -0.05) is 42.5 Å². The normalized spacial score (nSPS) is 9.83. The Morgan fingerprint density at radius 1 is 0.944 bits per heavy atom. The smallest absolute Gasteiger partial charge is 0.255 e. The fourth-order valence-electron chi connectivity index (χ4n) is 1.63. The lowest BCUT2D eigenvalue weighted by atomic mass is 10.1. The van der Waals surface area contributed by atoms with Crippen molar-refractivity contribution in [1.29, 1.82) is 0 Å². The van der Waals surface area contributed by atoms with Gasteiger partial charge in [-0.15, -0.1) is 0 Å². The van der Waals surface area contributed by atoms with Gasteiger partial charge in [0.2, 0.25) is 0 Å². The highest BCUT2D eigenvalue weighted by Crippen LogP contribution is 2.16. The van der Waals surface area contributed by atoms with Crippen LogP contribution in [-0.2, 0) is 0 Å². The summed E-state index contributed by atoms with van der Waals surface area (Å²) in [5.74, 6) is -0.0984. The van der Waals surface area contributed by atoms with Gasteiger partial charge in [-0.3, -0.25) is 4.79 Å². The lowest BCUT2D eigenvalue weighted by Gasteiger charge is -2.06. The molecule has 0 atom stereocenters. The van der Waals surface area contributed by atoms with E-state index >= 15 is 0 Å². The highest BCUT2D eigenvalue weighted by Gasteiger charge is 2.04. The molecule has 0 aromatic heterocycles. The second kappa shape index (κ2) is 5.32. The van der Waals surface area contributed by atoms with Crippen molar-refractivity contribution in [2.75, 3.05) is 5.32 Å². The lowest BCUT2D eigenvalue weighted by Crippen LogP contribution is -2.11. The van der Waals surface area contributed by atoms with Crippen LogP contribution in [-0.4, -0.2) is 5.91 Å². The van der Waals surface area contributed by atoms with Crippen LogP contribution >= 0.6 is 0 Å². The van der Waals surface area contributed by atoms with Crippen molar-refractivity contribution in [3.05, 3.63) is 72.3 Å². The molecule has 0 heterocycles. The summed E-state index contributed by atoms with van der Waals surface area (Å²) < 4.78 is 0. The number of benzene rings is 2. The van der Waals surface area contributed by atoms with E-state index in [1.165, 1.54) is 0 Å². The maximum absolute atomic E-state index is 11.9. The predicted octanol–water partition coefficient (Wildman–Crippen LogP) is 3.97. The standard InChI is InChI=1S/C16H15NO/c1-12(2)13-8-10-15(11-9-13)17-16(18)14-6-4-3-5-7-14/h3-11H,1H2,2H3,(H,17,18). The number of anilines is 1. The molecular formula is C16H15NO. The average molecular weight is 237 g/mol. The van der Waals surface area contributed by atoms with Crippen LogP contribution < -0.4 is 5.32 Å².